The SMILES string of the molecule is COBNc1ccc(C)cc1NC(=O)/C=C/C(=O)OC. The Hall–Kier alpha value is -2.28. The first-order valence-electron chi connectivity index (χ1n) is 5.97. The highest BCUT2D eigenvalue weighted by atomic mass is 16.5. The van der Waals surface area contributed by atoms with Crippen LogP contribution in [0.2, 0.25) is 0 Å². The largest absolute Gasteiger partial charge is 0.466 e. The van der Waals surface area contributed by atoms with Crippen molar-refractivity contribution in [1.82, 2.24) is 0 Å². The van der Waals surface area contributed by atoms with Gasteiger partial charge in [-0.05, 0) is 24.6 Å². The molecule has 1 rings (SSSR count). The summed E-state index contributed by atoms with van der Waals surface area (Å²) in [5.41, 5.74) is 2.35. The highest BCUT2D eigenvalue weighted by molar-refractivity contribution is 6.33. The van der Waals surface area contributed by atoms with Crippen LogP contribution < -0.4 is 10.5 Å². The Bertz CT molecular complexity index is 517. The Morgan fingerprint density at radius 3 is 2.60 bits per heavy atom. The van der Waals surface area contributed by atoms with Crippen LogP contribution in [0.1, 0.15) is 5.56 Å². The Labute approximate surface area is 118 Å². The van der Waals surface area contributed by atoms with E-state index in [1.807, 2.05) is 25.1 Å². The number of ether oxygens (including phenoxy) is 1. The predicted molar refractivity (Wildman–Crippen MR) is 78.7 cm³/mol. The zero-order chi connectivity index (χ0) is 15.0. The zero-order valence-corrected chi connectivity index (χ0v) is 11.7. The fraction of sp³-hybridized carbons (Fsp3) is 0.231. The van der Waals surface area contributed by atoms with Crippen molar-refractivity contribution in [1.29, 1.82) is 0 Å². The van der Waals surface area contributed by atoms with Crippen LogP contribution in [0.5, 0.6) is 0 Å². The molecule has 7 heteroatoms. The minimum Gasteiger partial charge on any atom is -0.466 e. The highest BCUT2D eigenvalue weighted by Crippen LogP contribution is 2.22. The van der Waals surface area contributed by atoms with Gasteiger partial charge in [0.15, 0.2) is 0 Å². The van der Waals surface area contributed by atoms with Crippen LogP contribution in [0.15, 0.2) is 30.4 Å². The number of methoxy groups -OCH3 is 1. The molecule has 20 heavy (non-hydrogen) atoms. The van der Waals surface area contributed by atoms with Gasteiger partial charge in [0, 0.05) is 24.9 Å². The lowest BCUT2D eigenvalue weighted by Crippen LogP contribution is -2.14. The maximum atomic E-state index is 11.7. The summed E-state index contributed by atoms with van der Waals surface area (Å²) in [6.07, 6.45) is 2.18. The minimum absolute atomic E-state index is 0.323. The van der Waals surface area contributed by atoms with E-state index in [9.17, 15) is 9.59 Å². The third kappa shape index (κ3) is 5.15. The third-order valence-corrected chi connectivity index (χ3v) is 2.41. The first kappa shape index (κ1) is 15.8. The van der Waals surface area contributed by atoms with E-state index < -0.39 is 11.9 Å². The summed E-state index contributed by atoms with van der Waals surface area (Å²) in [6.45, 7) is 1.92. The average molecular weight is 276 g/mol. The molecule has 1 amide bonds. The molecule has 0 aliphatic heterocycles. The van der Waals surface area contributed by atoms with Gasteiger partial charge in [-0.3, -0.25) is 4.79 Å². The normalized spacial score (nSPS) is 10.2. The number of amides is 1. The molecule has 106 valence electrons. The number of aryl methyl sites for hydroxylation is 1. The topological polar surface area (TPSA) is 76.7 Å². The molecule has 0 saturated carbocycles. The predicted octanol–water partition coefficient (Wildman–Crippen LogP) is 0.988. The van der Waals surface area contributed by atoms with Gasteiger partial charge in [0.25, 0.3) is 0 Å². The molecular formula is C13H17BN2O4. The molecule has 0 radical (unpaired) electrons. The average Bonchev–Trinajstić information content (AvgIpc) is 2.44. The molecule has 0 aromatic heterocycles. The van der Waals surface area contributed by atoms with Gasteiger partial charge in [-0.25, -0.2) is 4.79 Å². The van der Waals surface area contributed by atoms with E-state index in [0.717, 1.165) is 23.4 Å². The van der Waals surface area contributed by atoms with Crippen molar-refractivity contribution in [2.45, 2.75) is 6.92 Å². The molecule has 0 spiro atoms. The minimum atomic E-state index is -0.581. The number of hydrogen-bond donors (Lipinski definition) is 2. The van der Waals surface area contributed by atoms with E-state index in [1.54, 1.807) is 7.11 Å². The molecule has 0 saturated heterocycles. The lowest BCUT2D eigenvalue weighted by Gasteiger charge is -2.12. The molecule has 0 bridgehead atoms. The second-order valence-electron chi connectivity index (χ2n) is 4.00. The summed E-state index contributed by atoms with van der Waals surface area (Å²) in [4.78, 5) is 22.6. The number of nitrogens with one attached hydrogen (secondary N) is 2. The number of anilines is 2. The van der Waals surface area contributed by atoms with Crippen molar-refractivity contribution < 1.29 is 19.0 Å². The van der Waals surface area contributed by atoms with Crippen molar-refractivity contribution >= 4 is 30.9 Å². The number of benzene rings is 1. The number of rotatable bonds is 6. The van der Waals surface area contributed by atoms with Crippen molar-refractivity contribution in [3.8, 4) is 0 Å². The first-order valence-corrected chi connectivity index (χ1v) is 5.97. The third-order valence-electron chi connectivity index (χ3n) is 2.41. The fourth-order valence-electron chi connectivity index (χ4n) is 1.45. The summed E-state index contributed by atoms with van der Waals surface area (Å²) in [7, 11) is 3.14. The Balaban J connectivity index is 2.79. The molecule has 0 heterocycles. The maximum Gasteiger partial charge on any atom is 0.393 e. The molecule has 0 fully saturated rings. The molecule has 1 aromatic rings. The molecule has 6 nitrogen and oxygen atoms in total. The summed E-state index contributed by atoms with van der Waals surface area (Å²) < 4.78 is 9.34. The molecule has 0 unspecified atom stereocenters. The van der Waals surface area contributed by atoms with E-state index >= 15 is 0 Å². The lowest BCUT2D eigenvalue weighted by molar-refractivity contribution is -0.135. The highest BCUT2D eigenvalue weighted by Gasteiger charge is 2.06. The Morgan fingerprint density at radius 2 is 1.95 bits per heavy atom. The number of hydrogen-bond acceptors (Lipinski definition) is 5. The van der Waals surface area contributed by atoms with Crippen molar-refractivity contribution in [2.75, 3.05) is 24.8 Å². The van der Waals surface area contributed by atoms with E-state index in [0.29, 0.717) is 13.3 Å². The summed E-state index contributed by atoms with van der Waals surface area (Å²) in [5, 5.41) is 5.71. The quantitative estimate of drug-likeness (QED) is 0.460. The molecular weight excluding hydrogens is 259 g/mol. The van der Waals surface area contributed by atoms with Gasteiger partial charge >= 0.3 is 13.6 Å². The molecule has 0 aliphatic carbocycles. The van der Waals surface area contributed by atoms with Gasteiger partial charge in [0.2, 0.25) is 5.91 Å². The summed E-state index contributed by atoms with van der Waals surface area (Å²) in [5.74, 6) is -0.997. The molecule has 2 N–H and O–H groups in total. The Morgan fingerprint density at radius 1 is 1.20 bits per heavy atom. The van der Waals surface area contributed by atoms with Crippen molar-refractivity contribution in [3.05, 3.63) is 35.9 Å². The first-order chi connectivity index (χ1) is 9.56. The lowest BCUT2D eigenvalue weighted by atomic mass is 10.1. The number of carbonyl (C=O) groups is 2. The monoisotopic (exact) mass is 276 g/mol. The van der Waals surface area contributed by atoms with E-state index in [2.05, 4.69) is 15.3 Å². The van der Waals surface area contributed by atoms with Crippen LogP contribution in [-0.2, 0) is 19.0 Å². The van der Waals surface area contributed by atoms with Crippen LogP contribution in [0.25, 0.3) is 0 Å². The van der Waals surface area contributed by atoms with Gasteiger partial charge in [-0.1, -0.05) is 6.07 Å². The molecule has 0 atom stereocenters. The van der Waals surface area contributed by atoms with Gasteiger partial charge in [-0.2, -0.15) is 0 Å². The van der Waals surface area contributed by atoms with Crippen molar-refractivity contribution in [2.24, 2.45) is 0 Å². The molecule has 0 aliphatic rings. The smallest absolute Gasteiger partial charge is 0.393 e. The summed E-state index contributed by atoms with van der Waals surface area (Å²) in [6, 6.07) is 5.58. The van der Waals surface area contributed by atoms with E-state index in [1.165, 1.54) is 7.11 Å². The standard InChI is InChI=1S/C13H17BN2O4/c1-9-4-5-10(16-14-20-3)11(8-9)15-12(17)6-7-13(18)19-2/h4-8,14,16H,1-3H3,(H,15,17)/b7-6+. The van der Waals surface area contributed by atoms with Gasteiger partial charge < -0.3 is 19.9 Å². The summed E-state index contributed by atoms with van der Waals surface area (Å²) >= 11 is 0. The van der Waals surface area contributed by atoms with Gasteiger partial charge in [0.1, 0.15) is 0 Å². The number of carbonyl (C=O) groups excluding carboxylic acids is 2. The van der Waals surface area contributed by atoms with Crippen LogP contribution in [-0.4, -0.2) is 33.7 Å². The van der Waals surface area contributed by atoms with Crippen LogP contribution in [0, 0.1) is 6.92 Å². The van der Waals surface area contributed by atoms with E-state index in [4.69, 9.17) is 4.65 Å². The second kappa shape index (κ2) is 8.01. The van der Waals surface area contributed by atoms with Crippen LogP contribution >= 0.6 is 0 Å². The van der Waals surface area contributed by atoms with E-state index in [-0.39, 0.29) is 0 Å². The fourth-order valence-corrected chi connectivity index (χ4v) is 1.45. The van der Waals surface area contributed by atoms with Crippen molar-refractivity contribution in [3.63, 3.8) is 0 Å². The number of esters is 1. The zero-order valence-electron chi connectivity index (χ0n) is 11.7. The molecule has 1 aromatic carbocycles. The second-order valence-corrected chi connectivity index (χ2v) is 4.00. The van der Waals surface area contributed by atoms with Crippen LogP contribution in [0.4, 0.5) is 11.4 Å². The van der Waals surface area contributed by atoms with Gasteiger partial charge in [-0.15, -0.1) is 0 Å². The van der Waals surface area contributed by atoms with Crippen LogP contribution in [0.3, 0.4) is 0 Å². The maximum absolute atomic E-state index is 11.7. The Kier molecular flexibility index (Phi) is 6.32. The van der Waals surface area contributed by atoms with Gasteiger partial charge in [0.05, 0.1) is 12.8 Å².